The summed E-state index contributed by atoms with van der Waals surface area (Å²) >= 11 is 0. The van der Waals surface area contributed by atoms with E-state index in [1.165, 1.54) is 37.7 Å². The number of rotatable bonds is 4. The lowest BCUT2D eigenvalue weighted by atomic mass is 9.81. The maximum atomic E-state index is 12.7. The molecule has 3 nitrogen and oxygen atoms in total. The lowest BCUT2D eigenvalue weighted by Crippen LogP contribution is -2.65. The highest BCUT2D eigenvalue weighted by Gasteiger charge is 2.47. The number of amides is 1. The molecule has 1 aliphatic carbocycles. The molecule has 1 aliphatic heterocycles. The molecule has 1 amide bonds. The molecule has 120 valence electrons. The van der Waals surface area contributed by atoms with E-state index in [0.717, 1.165) is 31.1 Å². The van der Waals surface area contributed by atoms with E-state index in [0.29, 0.717) is 0 Å². The number of likely N-dealkylation sites (tertiary alicyclic amines) is 1. The molecule has 0 radical (unpaired) electrons. The molecule has 2 fully saturated rings. The number of carbonyl (C=O) groups excluding carboxylic acids is 1. The molecular weight excluding hydrogens is 272 g/mol. The number of anilines is 1. The van der Waals surface area contributed by atoms with Gasteiger partial charge in [-0.3, -0.25) is 9.69 Å². The van der Waals surface area contributed by atoms with Crippen molar-refractivity contribution in [2.75, 3.05) is 18.4 Å². The van der Waals surface area contributed by atoms with Crippen LogP contribution in [-0.4, -0.2) is 29.4 Å². The van der Waals surface area contributed by atoms with Crippen LogP contribution < -0.4 is 5.32 Å². The first-order chi connectivity index (χ1) is 10.6. The highest BCUT2D eigenvalue weighted by atomic mass is 16.2. The van der Waals surface area contributed by atoms with E-state index >= 15 is 0 Å². The summed E-state index contributed by atoms with van der Waals surface area (Å²) < 4.78 is 0. The Morgan fingerprint density at radius 1 is 1.23 bits per heavy atom. The number of carbonyl (C=O) groups is 1. The highest BCUT2D eigenvalue weighted by molar-refractivity contribution is 5.98. The van der Waals surface area contributed by atoms with Crippen LogP contribution in [0.15, 0.2) is 24.3 Å². The Morgan fingerprint density at radius 2 is 1.91 bits per heavy atom. The third-order valence-corrected chi connectivity index (χ3v) is 5.57. The molecule has 0 aromatic heterocycles. The molecular formula is C19H28N2O. The van der Waals surface area contributed by atoms with Crippen LogP contribution in [0.1, 0.15) is 51.0 Å². The summed E-state index contributed by atoms with van der Waals surface area (Å²) in [7, 11) is 0. The molecule has 1 aromatic carbocycles. The minimum Gasteiger partial charge on any atom is -0.324 e. The molecule has 3 heteroatoms. The van der Waals surface area contributed by atoms with Crippen molar-refractivity contribution >= 4 is 11.6 Å². The maximum Gasteiger partial charge on any atom is 0.244 e. The zero-order chi connectivity index (χ0) is 15.6. The van der Waals surface area contributed by atoms with E-state index in [-0.39, 0.29) is 11.4 Å². The average molecular weight is 300 g/mol. The smallest absolute Gasteiger partial charge is 0.244 e. The third kappa shape index (κ3) is 3.19. The molecule has 1 N–H and O–H groups in total. The van der Waals surface area contributed by atoms with E-state index < -0.39 is 0 Å². The fraction of sp³-hybridized carbons (Fsp3) is 0.632. The van der Waals surface area contributed by atoms with Gasteiger partial charge < -0.3 is 5.32 Å². The van der Waals surface area contributed by atoms with Crippen molar-refractivity contribution < 1.29 is 4.79 Å². The van der Waals surface area contributed by atoms with Crippen LogP contribution in [0.5, 0.6) is 0 Å². The van der Waals surface area contributed by atoms with Gasteiger partial charge in [0.2, 0.25) is 5.91 Å². The molecule has 1 unspecified atom stereocenters. The van der Waals surface area contributed by atoms with E-state index in [4.69, 9.17) is 0 Å². The van der Waals surface area contributed by atoms with Gasteiger partial charge in [0.05, 0.1) is 5.54 Å². The molecule has 1 atom stereocenters. The van der Waals surface area contributed by atoms with Crippen molar-refractivity contribution in [1.82, 2.24) is 4.90 Å². The normalized spacial score (nSPS) is 26.5. The maximum absolute atomic E-state index is 12.7. The summed E-state index contributed by atoms with van der Waals surface area (Å²) in [6.07, 6.45) is 7.77. The van der Waals surface area contributed by atoms with Gasteiger partial charge in [0.15, 0.2) is 0 Å². The first-order valence-corrected chi connectivity index (χ1v) is 8.71. The zero-order valence-electron chi connectivity index (χ0n) is 13.9. The van der Waals surface area contributed by atoms with Crippen LogP contribution in [0.25, 0.3) is 0 Å². The Bertz CT molecular complexity index is 519. The fourth-order valence-electron chi connectivity index (χ4n) is 3.74. The molecule has 1 heterocycles. The summed E-state index contributed by atoms with van der Waals surface area (Å²) in [6.45, 7) is 6.32. The van der Waals surface area contributed by atoms with Crippen LogP contribution in [0, 0.1) is 12.8 Å². The van der Waals surface area contributed by atoms with Gasteiger partial charge in [-0.15, -0.1) is 0 Å². The summed E-state index contributed by atoms with van der Waals surface area (Å²) in [5, 5.41) is 3.10. The second-order valence-corrected chi connectivity index (χ2v) is 7.29. The van der Waals surface area contributed by atoms with Gasteiger partial charge in [0.25, 0.3) is 0 Å². The quantitative estimate of drug-likeness (QED) is 0.912. The Hall–Kier alpha value is -1.35. The summed E-state index contributed by atoms with van der Waals surface area (Å²) in [5.41, 5.74) is 1.80. The van der Waals surface area contributed by atoms with E-state index in [1.54, 1.807) is 0 Å². The van der Waals surface area contributed by atoms with Crippen molar-refractivity contribution in [3.63, 3.8) is 0 Å². The number of aryl methyl sites for hydroxylation is 1. The molecule has 22 heavy (non-hydrogen) atoms. The van der Waals surface area contributed by atoms with Crippen molar-refractivity contribution in [3.8, 4) is 0 Å². The Labute approximate surface area is 134 Å². The van der Waals surface area contributed by atoms with Crippen molar-refractivity contribution in [3.05, 3.63) is 29.8 Å². The first kappa shape index (κ1) is 15.5. The monoisotopic (exact) mass is 300 g/mol. The van der Waals surface area contributed by atoms with Gasteiger partial charge in [-0.05, 0) is 51.2 Å². The minimum absolute atomic E-state index is 0.151. The SMILES string of the molecule is Cc1ccc(NC(=O)C2(C)CCN2CC2CCCCC2)cc1. The van der Waals surface area contributed by atoms with Crippen LogP contribution in [0.2, 0.25) is 0 Å². The number of nitrogens with one attached hydrogen (secondary N) is 1. The Morgan fingerprint density at radius 3 is 2.50 bits per heavy atom. The standard InChI is InChI=1S/C19H28N2O/c1-15-8-10-17(11-9-15)20-18(22)19(2)12-13-21(19)14-16-6-4-3-5-7-16/h8-11,16H,3-7,12-14H2,1-2H3,(H,20,22). The molecule has 1 saturated heterocycles. The molecule has 3 rings (SSSR count). The number of nitrogens with zero attached hydrogens (tertiary/aromatic N) is 1. The summed E-state index contributed by atoms with van der Waals surface area (Å²) in [5.74, 6) is 0.943. The third-order valence-electron chi connectivity index (χ3n) is 5.57. The van der Waals surface area contributed by atoms with Gasteiger partial charge in [-0.2, -0.15) is 0 Å². The van der Waals surface area contributed by atoms with Crippen LogP contribution in [-0.2, 0) is 4.79 Å². The minimum atomic E-state index is -0.317. The van der Waals surface area contributed by atoms with Crippen LogP contribution in [0.4, 0.5) is 5.69 Å². The molecule has 1 aromatic rings. The Balaban J connectivity index is 1.59. The fourth-order valence-corrected chi connectivity index (χ4v) is 3.74. The van der Waals surface area contributed by atoms with Crippen molar-refractivity contribution in [1.29, 1.82) is 0 Å². The summed E-state index contributed by atoms with van der Waals surface area (Å²) in [4.78, 5) is 15.1. The van der Waals surface area contributed by atoms with Gasteiger partial charge in [0.1, 0.15) is 0 Å². The summed E-state index contributed by atoms with van der Waals surface area (Å²) in [6, 6.07) is 8.05. The largest absolute Gasteiger partial charge is 0.324 e. The Kier molecular flexibility index (Phi) is 4.53. The highest BCUT2D eigenvalue weighted by Crippen LogP contribution is 2.35. The molecule has 0 spiro atoms. The lowest BCUT2D eigenvalue weighted by molar-refractivity contribution is -0.136. The number of hydrogen-bond donors (Lipinski definition) is 1. The van der Waals surface area contributed by atoms with Crippen LogP contribution in [0.3, 0.4) is 0 Å². The second kappa shape index (κ2) is 6.41. The van der Waals surface area contributed by atoms with E-state index in [2.05, 4.69) is 24.1 Å². The molecule has 2 aliphatic rings. The van der Waals surface area contributed by atoms with Gasteiger partial charge in [-0.25, -0.2) is 0 Å². The zero-order valence-corrected chi connectivity index (χ0v) is 13.9. The second-order valence-electron chi connectivity index (χ2n) is 7.29. The van der Waals surface area contributed by atoms with E-state index in [1.807, 2.05) is 24.3 Å². The topological polar surface area (TPSA) is 32.3 Å². The van der Waals surface area contributed by atoms with Gasteiger partial charge in [-0.1, -0.05) is 37.0 Å². The van der Waals surface area contributed by atoms with Crippen molar-refractivity contribution in [2.24, 2.45) is 5.92 Å². The van der Waals surface area contributed by atoms with E-state index in [9.17, 15) is 4.79 Å². The lowest BCUT2D eigenvalue weighted by Gasteiger charge is -2.50. The van der Waals surface area contributed by atoms with Crippen LogP contribution >= 0.6 is 0 Å². The first-order valence-electron chi connectivity index (χ1n) is 8.71. The average Bonchev–Trinajstić information content (AvgIpc) is 2.54. The number of benzene rings is 1. The predicted molar refractivity (Wildman–Crippen MR) is 91.0 cm³/mol. The van der Waals surface area contributed by atoms with Gasteiger partial charge in [0, 0.05) is 18.8 Å². The number of hydrogen-bond acceptors (Lipinski definition) is 2. The predicted octanol–water partition coefficient (Wildman–Crippen LogP) is 3.98. The van der Waals surface area contributed by atoms with Crippen molar-refractivity contribution in [2.45, 2.75) is 57.9 Å². The molecule has 0 bridgehead atoms. The van der Waals surface area contributed by atoms with Gasteiger partial charge >= 0.3 is 0 Å². The molecule has 1 saturated carbocycles.